The van der Waals surface area contributed by atoms with Crippen molar-refractivity contribution in [2.24, 2.45) is 0 Å². The van der Waals surface area contributed by atoms with Crippen LogP contribution in [0.2, 0.25) is 0 Å². The van der Waals surface area contributed by atoms with E-state index in [-0.39, 0.29) is 12.5 Å². The van der Waals surface area contributed by atoms with Gasteiger partial charge in [0.05, 0.1) is 18.8 Å². The Morgan fingerprint density at radius 3 is 2.47 bits per heavy atom. The Hall–Kier alpha value is -0.520. The van der Waals surface area contributed by atoms with E-state index >= 15 is 0 Å². The summed E-state index contributed by atoms with van der Waals surface area (Å²) in [7, 11) is 1.49. The first kappa shape index (κ1) is 16.5. The van der Waals surface area contributed by atoms with Crippen LogP contribution in [0.25, 0.3) is 0 Å². The molecule has 0 bridgehead atoms. The fourth-order valence-corrected chi connectivity index (χ4v) is 1.78. The van der Waals surface area contributed by atoms with Gasteiger partial charge in [-0.1, -0.05) is 12.2 Å². The second-order valence-corrected chi connectivity index (χ2v) is 4.64. The summed E-state index contributed by atoms with van der Waals surface area (Å²) < 4.78 is 15.1. The summed E-state index contributed by atoms with van der Waals surface area (Å²) in [6, 6.07) is -0.529. The molecule has 100 valence electrons. The van der Waals surface area contributed by atoms with Crippen LogP contribution >= 0.6 is 8.60 Å². The lowest BCUT2D eigenvalue weighted by atomic mass is 10.1. The van der Waals surface area contributed by atoms with Crippen molar-refractivity contribution in [2.45, 2.75) is 26.0 Å². The fourth-order valence-electron chi connectivity index (χ4n) is 1.14. The van der Waals surface area contributed by atoms with E-state index in [2.05, 4.69) is 5.32 Å². The first-order valence-corrected chi connectivity index (χ1v) is 6.23. The lowest BCUT2D eigenvalue weighted by Crippen LogP contribution is -2.44. The SMILES string of the molecule is C/C=C/[C@@H](O)[C@H](COP(OC)OC)NC(C)=O. The van der Waals surface area contributed by atoms with Crippen molar-refractivity contribution in [3.63, 3.8) is 0 Å². The Bertz CT molecular complexity index is 245. The lowest BCUT2D eigenvalue weighted by molar-refractivity contribution is -0.120. The van der Waals surface area contributed by atoms with Crippen LogP contribution < -0.4 is 5.32 Å². The van der Waals surface area contributed by atoms with Gasteiger partial charge in [-0.25, -0.2) is 0 Å². The number of aliphatic hydroxyl groups excluding tert-OH is 1. The normalized spacial score (nSPS) is 15.2. The van der Waals surface area contributed by atoms with Gasteiger partial charge in [-0.15, -0.1) is 0 Å². The molecule has 0 saturated heterocycles. The van der Waals surface area contributed by atoms with E-state index in [4.69, 9.17) is 13.6 Å². The summed E-state index contributed by atoms with van der Waals surface area (Å²) in [5.74, 6) is -0.235. The smallest absolute Gasteiger partial charge is 0.332 e. The topological polar surface area (TPSA) is 77.0 Å². The van der Waals surface area contributed by atoms with Gasteiger partial charge in [0.2, 0.25) is 5.91 Å². The van der Waals surface area contributed by atoms with Gasteiger partial charge in [-0.05, 0) is 6.92 Å². The zero-order valence-electron chi connectivity index (χ0n) is 10.5. The van der Waals surface area contributed by atoms with Gasteiger partial charge < -0.3 is 24.0 Å². The molecule has 0 aromatic carbocycles. The second kappa shape index (κ2) is 9.50. The minimum atomic E-state index is -1.43. The summed E-state index contributed by atoms with van der Waals surface area (Å²) in [6.45, 7) is 3.27. The zero-order chi connectivity index (χ0) is 13.3. The van der Waals surface area contributed by atoms with E-state index in [0.29, 0.717) is 0 Å². The Morgan fingerprint density at radius 1 is 1.47 bits per heavy atom. The maximum absolute atomic E-state index is 11.0. The van der Waals surface area contributed by atoms with Crippen molar-refractivity contribution in [1.82, 2.24) is 5.32 Å². The number of allylic oxidation sites excluding steroid dienone is 1. The molecule has 17 heavy (non-hydrogen) atoms. The van der Waals surface area contributed by atoms with Gasteiger partial charge in [-0.3, -0.25) is 4.79 Å². The maximum Gasteiger partial charge on any atom is 0.332 e. The first-order chi connectivity index (χ1) is 8.04. The Balaban J connectivity index is 4.32. The van der Waals surface area contributed by atoms with Crippen LogP contribution in [-0.2, 0) is 18.4 Å². The molecule has 0 unspecified atom stereocenters. The van der Waals surface area contributed by atoms with E-state index in [9.17, 15) is 9.90 Å². The highest BCUT2D eigenvalue weighted by atomic mass is 31.2. The van der Waals surface area contributed by atoms with E-state index in [1.807, 2.05) is 0 Å². The van der Waals surface area contributed by atoms with Crippen LogP contribution in [0.1, 0.15) is 13.8 Å². The average molecular weight is 265 g/mol. The zero-order valence-corrected chi connectivity index (χ0v) is 11.4. The highest BCUT2D eigenvalue weighted by Gasteiger charge is 2.20. The fraction of sp³-hybridized carbons (Fsp3) is 0.700. The van der Waals surface area contributed by atoms with Crippen LogP contribution in [0, 0.1) is 0 Å². The number of hydrogen-bond acceptors (Lipinski definition) is 5. The molecular formula is C10H20NO5P. The largest absolute Gasteiger partial charge is 0.387 e. The predicted octanol–water partition coefficient (Wildman–Crippen LogP) is 0.964. The van der Waals surface area contributed by atoms with Gasteiger partial charge in [-0.2, -0.15) is 0 Å². The van der Waals surface area contributed by atoms with Crippen LogP contribution in [0.3, 0.4) is 0 Å². The number of hydrogen-bond donors (Lipinski definition) is 2. The molecule has 0 saturated carbocycles. The molecule has 0 aliphatic heterocycles. The van der Waals surface area contributed by atoms with Crippen molar-refractivity contribution in [1.29, 1.82) is 0 Å². The maximum atomic E-state index is 11.0. The number of rotatable bonds is 8. The van der Waals surface area contributed by atoms with Crippen LogP contribution in [0.4, 0.5) is 0 Å². The molecule has 0 heterocycles. The molecule has 0 spiro atoms. The van der Waals surface area contributed by atoms with Crippen LogP contribution in [-0.4, -0.2) is 44.0 Å². The quantitative estimate of drug-likeness (QED) is 0.505. The number of carbonyl (C=O) groups excluding carboxylic acids is 1. The molecule has 0 aliphatic carbocycles. The highest BCUT2D eigenvalue weighted by Crippen LogP contribution is 2.37. The molecule has 2 atom stereocenters. The van der Waals surface area contributed by atoms with E-state index in [0.717, 1.165) is 0 Å². The number of amides is 1. The molecular weight excluding hydrogens is 245 g/mol. The van der Waals surface area contributed by atoms with Crippen LogP contribution in [0.5, 0.6) is 0 Å². The minimum Gasteiger partial charge on any atom is -0.387 e. The van der Waals surface area contributed by atoms with E-state index in [1.165, 1.54) is 21.1 Å². The van der Waals surface area contributed by atoms with Gasteiger partial charge >= 0.3 is 8.60 Å². The first-order valence-electron chi connectivity index (χ1n) is 5.14. The number of nitrogens with one attached hydrogen (secondary N) is 1. The Morgan fingerprint density at radius 2 is 2.06 bits per heavy atom. The third kappa shape index (κ3) is 7.41. The summed E-state index contributed by atoms with van der Waals surface area (Å²) in [6.07, 6.45) is 2.47. The average Bonchev–Trinajstić information content (AvgIpc) is 2.28. The second-order valence-electron chi connectivity index (χ2n) is 3.21. The molecule has 0 radical (unpaired) electrons. The molecule has 6 nitrogen and oxygen atoms in total. The molecule has 0 rings (SSSR count). The van der Waals surface area contributed by atoms with Crippen molar-refractivity contribution < 1.29 is 23.5 Å². The standard InChI is InChI=1S/C10H20NO5P/c1-5-6-10(13)9(11-8(2)12)7-16-17(14-3)15-4/h5-6,9-10,13H,7H2,1-4H3,(H,11,12)/b6-5+/t9-,10+/m0/s1. The Kier molecular flexibility index (Phi) is 9.21. The molecule has 0 aliphatic rings. The Labute approximate surface area is 103 Å². The van der Waals surface area contributed by atoms with Crippen molar-refractivity contribution in [2.75, 3.05) is 20.8 Å². The molecule has 7 heteroatoms. The molecule has 0 fully saturated rings. The third-order valence-corrected chi connectivity index (χ3v) is 2.80. The molecule has 2 N–H and O–H groups in total. The van der Waals surface area contributed by atoms with Gasteiger partial charge in [0.25, 0.3) is 0 Å². The van der Waals surface area contributed by atoms with Crippen molar-refractivity contribution in [3.05, 3.63) is 12.2 Å². The van der Waals surface area contributed by atoms with Crippen LogP contribution in [0.15, 0.2) is 12.2 Å². The molecule has 1 amide bonds. The minimum absolute atomic E-state index is 0.110. The molecule has 0 aromatic heterocycles. The summed E-state index contributed by atoms with van der Waals surface area (Å²) in [5.41, 5.74) is 0. The summed E-state index contributed by atoms with van der Waals surface area (Å²) in [4.78, 5) is 11.0. The van der Waals surface area contributed by atoms with E-state index in [1.54, 1.807) is 19.1 Å². The summed E-state index contributed by atoms with van der Waals surface area (Å²) in [5, 5.41) is 12.4. The van der Waals surface area contributed by atoms with Crippen molar-refractivity contribution >= 4 is 14.5 Å². The van der Waals surface area contributed by atoms with Gasteiger partial charge in [0.1, 0.15) is 0 Å². The predicted molar refractivity (Wildman–Crippen MR) is 65.3 cm³/mol. The highest BCUT2D eigenvalue weighted by molar-refractivity contribution is 7.41. The lowest BCUT2D eigenvalue weighted by Gasteiger charge is -2.22. The van der Waals surface area contributed by atoms with Crippen molar-refractivity contribution in [3.8, 4) is 0 Å². The van der Waals surface area contributed by atoms with Gasteiger partial charge in [0, 0.05) is 21.1 Å². The van der Waals surface area contributed by atoms with Gasteiger partial charge in [0.15, 0.2) is 0 Å². The third-order valence-electron chi connectivity index (χ3n) is 1.85. The summed E-state index contributed by atoms with van der Waals surface area (Å²) >= 11 is 0. The number of carbonyl (C=O) groups is 1. The molecule has 0 aromatic rings. The monoisotopic (exact) mass is 265 g/mol. The number of aliphatic hydroxyl groups is 1. The van der Waals surface area contributed by atoms with E-state index < -0.39 is 20.7 Å².